The molecule has 1 aromatic carbocycles. The summed E-state index contributed by atoms with van der Waals surface area (Å²) in [5.41, 5.74) is 0.680. The number of aliphatic hydroxyl groups excluding tert-OH is 1. The first-order valence-corrected chi connectivity index (χ1v) is 6.93. The van der Waals surface area contributed by atoms with E-state index in [0.717, 1.165) is 4.90 Å². The highest BCUT2D eigenvalue weighted by atomic mass is 32.2. The van der Waals surface area contributed by atoms with E-state index in [1.165, 1.54) is 0 Å². The minimum Gasteiger partial charge on any atom is -0.396 e. The van der Waals surface area contributed by atoms with Gasteiger partial charge in [-0.3, -0.25) is 4.79 Å². The largest absolute Gasteiger partial charge is 0.396 e. The predicted molar refractivity (Wildman–Crippen MR) is 71.4 cm³/mol. The van der Waals surface area contributed by atoms with Gasteiger partial charge in [0.15, 0.2) is 0 Å². The number of aliphatic hydroxyl groups is 1. The van der Waals surface area contributed by atoms with E-state index >= 15 is 0 Å². The van der Waals surface area contributed by atoms with Gasteiger partial charge >= 0.3 is 0 Å². The lowest BCUT2D eigenvalue weighted by Gasteiger charge is -2.11. The number of carbonyl (C=O) groups excluding carboxylic acids is 1. The molecule has 1 atom stereocenters. The number of hydrogen-bond acceptors (Lipinski definition) is 3. The van der Waals surface area contributed by atoms with Crippen LogP contribution in [0.25, 0.3) is 0 Å². The van der Waals surface area contributed by atoms with Gasteiger partial charge in [-0.15, -0.1) is 11.8 Å². The second-order valence-electron chi connectivity index (χ2n) is 4.06. The molecular weight excluding hydrogens is 234 g/mol. The summed E-state index contributed by atoms with van der Waals surface area (Å²) in [4.78, 5) is 12.9. The lowest BCUT2D eigenvalue weighted by atomic mass is 10.1. The molecule has 0 aliphatic carbocycles. The van der Waals surface area contributed by atoms with Crippen LogP contribution in [0, 0.1) is 5.92 Å². The van der Waals surface area contributed by atoms with Gasteiger partial charge in [0.2, 0.25) is 0 Å². The standard InChI is InChI=1S/C13H19NO2S/c1-10(7-8-15)9-14-13(16)11-3-5-12(17-2)6-4-11/h3-6,10,15H,7-9H2,1-2H3,(H,14,16). The molecule has 0 heterocycles. The molecule has 0 radical (unpaired) electrons. The Balaban J connectivity index is 2.46. The molecule has 0 aliphatic heterocycles. The normalized spacial score (nSPS) is 12.2. The minimum atomic E-state index is -0.0533. The lowest BCUT2D eigenvalue weighted by molar-refractivity contribution is 0.0945. The zero-order valence-electron chi connectivity index (χ0n) is 10.3. The molecule has 1 unspecified atom stereocenters. The van der Waals surface area contributed by atoms with Crippen molar-refractivity contribution in [2.75, 3.05) is 19.4 Å². The predicted octanol–water partition coefficient (Wildman–Crippen LogP) is 2.16. The molecule has 1 rings (SSSR count). The first-order chi connectivity index (χ1) is 8.17. The first kappa shape index (κ1) is 14.1. The van der Waals surface area contributed by atoms with Gasteiger partial charge in [0.1, 0.15) is 0 Å². The van der Waals surface area contributed by atoms with Crippen LogP contribution in [0.2, 0.25) is 0 Å². The lowest BCUT2D eigenvalue weighted by Crippen LogP contribution is -2.28. The Bertz CT molecular complexity index is 351. The molecule has 0 saturated heterocycles. The molecule has 0 aromatic heterocycles. The van der Waals surface area contributed by atoms with Crippen molar-refractivity contribution in [2.24, 2.45) is 5.92 Å². The Kier molecular flexibility index (Phi) is 6.08. The summed E-state index contributed by atoms with van der Waals surface area (Å²) in [5, 5.41) is 11.6. The van der Waals surface area contributed by atoms with E-state index in [2.05, 4.69) is 5.32 Å². The van der Waals surface area contributed by atoms with E-state index in [1.807, 2.05) is 37.4 Å². The molecule has 1 aromatic rings. The van der Waals surface area contributed by atoms with E-state index in [1.54, 1.807) is 11.8 Å². The third-order valence-electron chi connectivity index (χ3n) is 2.59. The Hall–Kier alpha value is -1.00. The summed E-state index contributed by atoms with van der Waals surface area (Å²) in [6.07, 6.45) is 2.72. The molecule has 1 amide bonds. The van der Waals surface area contributed by atoms with Crippen molar-refractivity contribution < 1.29 is 9.90 Å². The van der Waals surface area contributed by atoms with Crippen molar-refractivity contribution in [1.29, 1.82) is 0 Å². The second-order valence-corrected chi connectivity index (χ2v) is 4.94. The fourth-order valence-electron chi connectivity index (χ4n) is 1.43. The van der Waals surface area contributed by atoms with E-state index < -0.39 is 0 Å². The van der Waals surface area contributed by atoms with E-state index in [9.17, 15) is 4.79 Å². The number of carbonyl (C=O) groups is 1. The average molecular weight is 253 g/mol. The van der Waals surface area contributed by atoms with E-state index in [4.69, 9.17) is 5.11 Å². The molecule has 4 heteroatoms. The molecule has 3 nitrogen and oxygen atoms in total. The number of hydrogen-bond donors (Lipinski definition) is 2. The van der Waals surface area contributed by atoms with Gasteiger partial charge in [0.25, 0.3) is 5.91 Å². The van der Waals surface area contributed by atoms with Gasteiger partial charge in [-0.25, -0.2) is 0 Å². The highest BCUT2D eigenvalue weighted by Gasteiger charge is 2.07. The average Bonchev–Trinajstić information content (AvgIpc) is 2.36. The third kappa shape index (κ3) is 4.79. The minimum absolute atomic E-state index is 0.0533. The molecule has 17 heavy (non-hydrogen) atoms. The van der Waals surface area contributed by atoms with Crippen molar-refractivity contribution in [3.05, 3.63) is 29.8 Å². The van der Waals surface area contributed by atoms with Crippen LogP contribution in [0.1, 0.15) is 23.7 Å². The van der Waals surface area contributed by atoms with E-state index in [-0.39, 0.29) is 12.5 Å². The smallest absolute Gasteiger partial charge is 0.251 e. The molecule has 0 fully saturated rings. The third-order valence-corrected chi connectivity index (χ3v) is 3.33. The topological polar surface area (TPSA) is 49.3 Å². The van der Waals surface area contributed by atoms with Gasteiger partial charge < -0.3 is 10.4 Å². The molecular formula is C13H19NO2S. The quantitative estimate of drug-likeness (QED) is 0.764. The number of thioether (sulfide) groups is 1. The summed E-state index contributed by atoms with van der Waals surface area (Å²) < 4.78 is 0. The fourth-order valence-corrected chi connectivity index (χ4v) is 1.84. The summed E-state index contributed by atoms with van der Waals surface area (Å²) in [6.45, 7) is 2.77. The SMILES string of the molecule is CSc1ccc(C(=O)NCC(C)CCO)cc1. The van der Waals surface area contributed by atoms with Crippen LogP contribution in [-0.4, -0.2) is 30.4 Å². The summed E-state index contributed by atoms with van der Waals surface area (Å²) in [6, 6.07) is 7.54. The summed E-state index contributed by atoms with van der Waals surface area (Å²) >= 11 is 1.65. The highest BCUT2D eigenvalue weighted by molar-refractivity contribution is 7.98. The number of benzene rings is 1. The van der Waals surface area contributed by atoms with Crippen molar-refractivity contribution in [3.63, 3.8) is 0 Å². The maximum atomic E-state index is 11.8. The van der Waals surface area contributed by atoms with Crippen molar-refractivity contribution in [3.8, 4) is 0 Å². The Morgan fingerprint density at radius 3 is 2.59 bits per heavy atom. The maximum absolute atomic E-state index is 11.8. The van der Waals surface area contributed by atoms with Crippen LogP contribution in [0.5, 0.6) is 0 Å². The Labute approximate surface area is 107 Å². The van der Waals surface area contributed by atoms with Crippen LogP contribution in [0.15, 0.2) is 29.2 Å². The maximum Gasteiger partial charge on any atom is 0.251 e. The van der Waals surface area contributed by atoms with Gasteiger partial charge in [0.05, 0.1) is 0 Å². The molecule has 0 saturated carbocycles. The van der Waals surface area contributed by atoms with Gasteiger partial charge in [-0.1, -0.05) is 6.92 Å². The number of amides is 1. The second kappa shape index (κ2) is 7.35. The Morgan fingerprint density at radius 2 is 2.06 bits per heavy atom. The molecule has 0 spiro atoms. The number of nitrogens with one attached hydrogen (secondary N) is 1. The summed E-state index contributed by atoms with van der Waals surface area (Å²) in [7, 11) is 0. The molecule has 2 N–H and O–H groups in total. The molecule has 94 valence electrons. The zero-order chi connectivity index (χ0) is 12.7. The number of rotatable bonds is 6. The monoisotopic (exact) mass is 253 g/mol. The summed E-state index contributed by atoms with van der Waals surface area (Å²) in [5.74, 6) is 0.247. The van der Waals surface area contributed by atoms with Crippen molar-refractivity contribution >= 4 is 17.7 Å². The van der Waals surface area contributed by atoms with Gasteiger partial charge in [-0.05, 0) is 42.9 Å². The van der Waals surface area contributed by atoms with Crippen molar-refractivity contribution in [2.45, 2.75) is 18.2 Å². The highest BCUT2D eigenvalue weighted by Crippen LogP contribution is 2.14. The first-order valence-electron chi connectivity index (χ1n) is 5.70. The van der Waals surface area contributed by atoms with Crippen LogP contribution < -0.4 is 5.32 Å². The van der Waals surface area contributed by atoms with E-state index in [0.29, 0.717) is 24.4 Å². The fraction of sp³-hybridized carbons (Fsp3) is 0.462. The van der Waals surface area contributed by atoms with Crippen LogP contribution in [-0.2, 0) is 0 Å². The molecule has 0 bridgehead atoms. The zero-order valence-corrected chi connectivity index (χ0v) is 11.1. The van der Waals surface area contributed by atoms with Crippen molar-refractivity contribution in [1.82, 2.24) is 5.32 Å². The Morgan fingerprint density at radius 1 is 1.41 bits per heavy atom. The molecule has 0 aliphatic rings. The van der Waals surface area contributed by atoms with Crippen LogP contribution >= 0.6 is 11.8 Å². The van der Waals surface area contributed by atoms with Gasteiger partial charge in [-0.2, -0.15) is 0 Å². The van der Waals surface area contributed by atoms with Crippen LogP contribution in [0.3, 0.4) is 0 Å². The van der Waals surface area contributed by atoms with Gasteiger partial charge in [0, 0.05) is 23.6 Å². The van der Waals surface area contributed by atoms with Crippen LogP contribution in [0.4, 0.5) is 0 Å².